The molecule has 1 aliphatic rings. The number of sulfonamides is 1. The van der Waals surface area contributed by atoms with E-state index in [0.29, 0.717) is 6.54 Å². The number of H-pyrrole nitrogens is 1. The third-order valence-corrected chi connectivity index (χ3v) is 6.48. The van der Waals surface area contributed by atoms with Crippen LogP contribution in [0.25, 0.3) is 21.8 Å². The van der Waals surface area contributed by atoms with E-state index in [1.54, 1.807) is 6.20 Å². The number of hydrogen-bond acceptors (Lipinski definition) is 5. The Morgan fingerprint density at radius 1 is 1.35 bits per heavy atom. The van der Waals surface area contributed by atoms with E-state index in [1.165, 1.54) is 0 Å². The highest BCUT2D eigenvalue weighted by Gasteiger charge is 2.28. The summed E-state index contributed by atoms with van der Waals surface area (Å²) in [6.07, 6.45) is 6.28. The zero-order chi connectivity index (χ0) is 18.3. The number of aromatic amines is 1. The summed E-state index contributed by atoms with van der Waals surface area (Å²) in [5, 5.41) is 3.13. The minimum Gasteiger partial charge on any atom is -0.354 e. The second-order valence-electron chi connectivity index (χ2n) is 7.32. The van der Waals surface area contributed by atoms with Crippen LogP contribution in [0.5, 0.6) is 0 Å². The second-order valence-corrected chi connectivity index (χ2v) is 9.12. The monoisotopic (exact) mass is 373 g/mol. The molecule has 1 atom stereocenters. The van der Waals surface area contributed by atoms with E-state index in [2.05, 4.69) is 24.6 Å². The molecule has 26 heavy (non-hydrogen) atoms. The summed E-state index contributed by atoms with van der Waals surface area (Å²) in [7, 11) is -3.25. The van der Waals surface area contributed by atoms with E-state index < -0.39 is 10.0 Å². The first kappa shape index (κ1) is 17.2. The fourth-order valence-electron chi connectivity index (χ4n) is 3.68. The van der Waals surface area contributed by atoms with Crippen LogP contribution >= 0.6 is 0 Å². The number of nitrogens with zero attached hydrogens (tertiary/aromatic N) is 3. The molecule has 3 aromatic heterocycles. The van der Waals surface area contributed by atoms with Gasteiger partial charge in [-0.2, -0.15) is 0 Å². The van der Waals surface area contributed by atoms with Crippen molar-refractivity contribution in [2.75, 3.05) is 23.7 Å². The fourth-order valence-corrected chi connectivity index (χ4v) is 5.36. The van der Waals surface area contributed by atoms with Crippen LogP contribution in [-0.4, -0.2) is 48.3 Å². The third kappa shape index (κ3) is 3.26. The minimum atomic E-state index is -3.25. The molecule has 4 heterocycles. The first-order valence-corrected chi connectivity index (χ1v) is 10.5. The van der Waals surface area contributed by atoms with Gasteiger partial charge in [-0.15, -0.1) is 0 Å². The van der Waals surface area contributed by atoms with Gasteiger partial charge in [-0.05, 0) is 24.5 Å². The molecular weight excluding hydrogens is 350 g/mol. The normalized spacial score (nSPS) is 18.4. The molecular formula is C18H23N5O2S. The van der Waals surface area contributed by atoms with Gasteiger partial charge in [0.15, 0.2) is 0 Å². The number of anilines is 1. The Morgan fingerprint density at radius 3 is 3.00 bits per heavy atom. The summed E-state index contributed by atoms with van der Waals surface area (Å²) >= 11 is 0. The molecule has 8 heteroatoms. The van der Waals surface area contributed by atoms with Crippen molar-refractivity contribution in [3.8, 4) is 0 Å². The average molecular weight is 373 g/mol. The van der Waals surface area contributed by atoms with Crippen LogP contribution in [0.4, 0.5) is 5.82 Å². The van der Waals surface area contributed by atoms with Gasteiger partial charge in [0, 0.05) is 53.9 Å². The van der Waals surface area contributed by atoms with Gasteiger partial charge in [-0.3, -0.25) is 0 Å². The van der Waals surface area contributed by atoms with Gasteiger partial charge >= 0.3 is 0 Å². The van der Waals surface area contributed by atoms with Crippen molar-refractivity contribution < 1.29 is 8.42 Å². The van der Waals surface area contributed by atoms with Gasteiger partial charge in [0.1, 0.15) is 11.5 Å². The molecule has 0 amide bonds. The average Bonchev–Trinajstić information content (AvgIpc) is 3.21. The summed E-state index contributed by atoms with van der Waals surface area (Å²) in [6, 6.07) is 3.88. The molecule has 138 valence electrons. The molecule has 0 saturated carbocycles. The number of fused-ring (bicyclic) bond motifs is 3. The lowest BCUT2D eigenvalue weighted by Crippen LogP contribution is -2.39. The Morgan fingerprint density at radius 2 is 2.19 bits per heavy atom. The lowest BCUT2D eigenvalue weighted by Gasteiger charge is -2.20. The Labute approximate surface area is 152 Å². The van der Waals surface area contributed by atoms with Crippen LogP contribution in [0.1, 0.15) is 20.3 Å². The molecule has 3 aromatic rings. The number of pyridine rings is 2. The van der Waals surface area contributed by atoms with Crippen molar-refractivity contribution >= 4 is 37.6 Å². The smallest absolute Gasteiger partial charge is 0.212 e. The third-order valence-electron chi connectivity index (χ3n) is 4.68. The molecule has 0 aromatic carbocycles. The van der Waals surface area contributed by atoms with Crippen molar-refractivity contribution in [1.29, 1.82) is 0 Å². The van der Waals surface area contributed by atoms with Crippen molar-refractivity contribution in [2.24, 2.45) is 5.92 Å². The predicted octanol–water partition coefficient (Wildman–Crippen LogP) is 2.27. The quantitative estimate of drug-likeness (QED) is 0.716. The van der Waals surface area contributed by atoms with Gasteiger partial charge in [0.25, 0.3) is 0 Å². The van der Waals surface area contributed by atoms with Gasteiger partial charge in [-0.1, -0.05) is 13.8 Å². The highest BCUT2D eigenvalue weighted by Crippen LogP contribution is 2.32. The van der Waals surface area contributed by atoms with E-state index >= 15 is 0 Å². The topological polar surface area (TPSA) is 91.0 Å². The maximum Gasteiger partial charge on any atom is 0.212 e. The molecule has 0 spiro atoms. The van der Waals surface area contributed by atoms with Crippen LogP contribution in [0, 0.1) is 5.92 Å². The number of rotatable bonds is 5. The highest BCUT2D eigenvalue weighted by atomic mass is 32.2. The Kier molecular flexibility index (Phi) is 4.32. The van der Waals surface area contributed by atoms with E-state index in [-0.39, 0.29) is 17.7 Å². The standard InChI is InChI=1S/C18H23N5O2S/c1-12(2)11-26(24,25)22-14-5-8-23(10-14)18-16-13(3-6-20-18)9-21-17-15(16)4-7-19-17/h3-4,6-7,9,12,14,22H,5,8,10-11H2,1-2H3,(H,19,21). The molecule has 4 rings (SSSR count). The molecule has 7 nitrogen and oxygen atoms in total. The lowest BCUT2D eigenvalue weighted by atomic mass is 10.1. The molecule has 1 fully saturated rings. The van der Waals surface area contributed by atoms with Gasteiger partial charge in [0.05, 0.1) is 5.75 Å². The first-order valence-electron chi connectivity index (χ1n) is 8.89. The Bertz CT molecular complexity index is 1040. The Balaban J connectivity index is 1.62. The van der Waals surface area contributed by atoms with Crippen LogP contribution in [0.15, 0.2) is 30.7 Å². The van der Waals surface area contributed by atoms with Crippen LogP contribution < -0.4 is 9.62 Å². The second kappa shape index (κ2) is 6.51. The molecule has 0 bridgehead atoms. The summed E-state index contributed by atoms with van der Waals surface area (Å²) in [5.41, 5.74) is 0.833. The number of nitrogens with one attached hydrogen (secondary N) is 2. The van der Waals surface area contributed by atoms with Crippen LogP contribution in [-0.2, 0) is 10.0 Å². The Hall–Kier alpha value is -2.19. The zero-order valence-electron chi connectivity index (χ0n) is 14.9. The summed E-state index contributed by atoms with van der Waals surface area (Å²) in [4.78, 5) is 14.3. The lowest BCUT2D eigenvalue weighted by molar-refractivity contribution is 0.550. The summed E-state index contributed by atoms with van der Waals surface area (Å²) in [6.45, 7) is 5.22. The molecule has 1 saturated heterocycles. The molecule has 2 N–H and O–H groups in total. The van der Waals surface area contributed by atoms with Gasteiger partial charge < -0.3 is 9.88 Å². The van der Waals surface area contributed by atoms with Crippen molar-refractivity contribution in [3.63, 3.8) is 0 Å². The minimum absolute atomic E-state index is 0.0839. The molecule has 1 aliphatic heterocycles. The SMILES string of the molecule is CC(C)CS(=O)(=O)NC1CCN(c2nccc3cnc4[nH]ccc4c23)C1. The molecule has 0 aliphatic carbocycles. The van der Waals surface area contributed by atoms with E-state index in [4.69, 9.17) is 0 Å². The fraction of sp³-hybridized carbons (Fsp3) is 0.444. The van der Waals surface area contributed by atoms with Crippen molar-refractivity contribution in [1.82, 2.24) is 19.7 Å². The maximum absolute atomic E-state index is 12.2. The largest absolute Gasteiger partial charge is 0.354 e. The van der Waals surface area contributed by atoms with E-state index in [0.717, 1.165) is 40.6 Å². The molecule has 0 radical (unpaired) electrons. The predicted molar refractivity (Wildman–Crippen MR) is 104 cm³/mol. The number of hydrogen-bond donors (Lipinski definition) is 2. The van der Waals surface area contributed by atoms with Crippen LogP contribution in [0.2, 0.25) is 0 Å². The van der Waals surface area contributed by atoms with Crippen molar-refractivity contribution in [3.05, 3.63) is 30.7 Å². The van der Waals surface area contributed by atoms with Crippen molar-refractivity contribution in [2.45, 2.75) is 26.3 Å². The van der Waals surface area contributed by atoms with E-state index in [1.807, 2.05) is 38.4 Å². The highest BCUT2D eigenvalue weighted by molar-refractivity contribution is 7.89. The zero-order valence-corrected chi connectivity index (χ0v) is 15.8. The van der Waals surface area contributed by atoms with Gasteiger partial charge in [-0.25, -0.2) is 23.1 Å². The van der Waals surface area contributed by atoms with Crippen LogP contribution in [0.3, 0.4) is 0 Å². The van der Waals surface area contributed by atoms with E-state index in [9.17, 15) is 8.42 Å². The summed E-state index contributed by atoms with van der Waals surface area (Å²) in [5.74, 6) is 1.16. The maximum atomic E-state index is 12.2. The number of aromatic nitrogens is 3. The molecule has 1 unspecified atom stereocenters. The van der Waals surface area contributed by atoms with Gasteiger partial charge in [0.2, 0.25) is 10.0 Å². The first-order chi connectivity index (χ1) is 12.4. The summed E-state index contributed by atoms with van der Waals surface area (Å²) < 4.78 is 27.3.